The van der Waals surface area contributed by atoms with Gasteiger partial charge in [0.1, 0.15) is 11.5 Å². The van der Waals surface area contributed by atoms with E-state index in [2.05, 4.69) is 0 Å². The molecule has 0 amide bonds. The molecule has 1 N–H and O–H groups in total. The minimum atomic E-state index is -0.862. The Bertz CT molecular complexity index is 359. The summed E-state index contributed by atoms with van der Waals surface area (Å²) in [5, 5.41) is 8.91. The van der Waals surface area contributed by atoms with Crippen LogP contribution in [-0.2, 0) is 14.3 Å². The zero-order chi connectivity index (χ0) is 9.27. The lowest BCUT2D eigenvalue weighted by Gasteiger charge is -2.33. The molecule has 4 heteroatoms. The maximum atomic E-state index is 11.3. The summed E-state index contributed by atoms with van der Waals surface area (Å²) in [6, 6.07) is 0. The van der Waals surface area contributed by atoms with E-state index in [9.17, 15) is 9.59 Å². The van der Waals surface area contributed by atoms with Crippen LogP contribution in [0.15, 0.2) is 12.2 Å². The number of hydrogen-bond donors (Lipinski definition) is 1. The van der Waals surface area contributed by atoms with E-state index in [1.54, 1.807) is 6.08 Å². The molecule has 0 spiro atoms. The Morgan fingerprint density at radius 2 is 2.38 bits per heavy atom. The first-order valence-electron chi connectivity index (χ1n) is 4.25. The normalized spacial score (nSPS) is 49.8. The molecule has 3 atom stereocenters. The molecule has 3 aliphatic rings. The van der Waals surface area contributed by atoms with Crippen molar-refractivity contribution in [3.63, 3.8) is 0 Å². The van der Waals surface area contributed by atoms with E-state index in [0.717, 1.165) is 0 Å². The molecule has 1 saturated heterocycles. The molecule has 13 heavy (non-hydrogen) atoms. The van der Waals surface area contributed by atoms with Crippen molar-refractivity contribution in [3.05, 3.63) is 12.2 Å². The highest BCUT2D eigenvalue weighted by molar-refractivity contribution is 5.90. The number of rotatable bonds is 1. The van der Waals surface area contributed by atoms with Gasteiger partial charge in [0.2, 0.25) is 0 Å². The third-order valence-electron chi connectivity index (χ3n) is 3.42. The lowest BCUT2D eigenvalue weighted by molar-refractivity contribution is -0.169. The second kappa shape index (κ2) is 1.64. The topological polar surface area (TPSA) is 63.6 Å². The quantitative estimate of drug-likeness (QED) is 0.466. The van der Waals surface area contributed by atoms with Gasteiger partial charge in [0, 0.05) is 6.42 Å². The molecule has 0 aromatic rings. The Kier molecular flexibility index (Phi) is 0.900. The molecule has 4 nitrogen and oxygen atoms in total. The first-order valence-corrected chi connectivity index (χ1v) is 4.25. The summed E-state index contributed by atoms with van der Waals surface area (Å²) < 4.78 is 5.10. The number of aliphatic carboxylic acids is 1. The average Bonchev–Trinajstić information content (AvgIpc) is 2.63. The number of ether oxygens (including phenoxy) is 1. The van der Waals surface area contributed by atoms with Crippen molar-refractivity contribution in [2.75, 3.05) is 0 Å². The summed E-state index contributed by atoms with van der Waals surface area (Å²) in [4.78, 5) is 22.2. The largest absolute Gasteiger partial charge is 0.481 e. The molecule has 2 fully saturated rings. The van der Waals surface area contributed by atoms with Gasteiger partial charge in [-0.3, -0.25) is 9.59 Å². The van der Waals surface area contributed by atoms with E-state index in [-0.39, 0.29) is 5.97 Å². The third-order valence-corrected chi connectivity index (χ3v) is 3.42. The second-order valence-electron chi connectivity index (χ2n) is 4.11. The van der Waals surface area contributed by atoms with Crippen LogP contribution >= 0.6 is 0 Å². The van der Waals surface area contributed by atoms with E-state index < -0.39 is 22.9 Å². The highest BCUT2D eigenvalue weighted by atomic mass is 16.6. The van der Waals surface area contributed by atoms with Gasteiger partial charge in [0.05, 0.1) is 5.41 Å². The molecule has 2 aliphatic carbocycles. The van der Waals surface area contributed by atoms with Gasteiger partial charge in [-0.2, -0.15) is 0 Å². The SMILES string of the molecule is O=C(O)C1CC23C=CC1(C2)OC3=O. The molecule has 0 radical (unpaired) electrons. The van der Waals surface area contributed by atoms with Gasteiger partial charge in [0.15, 0.2) is 0 Å². The van der Waals surface area contributed by atoms with Crippen molar-refractivity contribution >= 4 is 11.9 Å². The van der Waals surface area contributed by atoms with Gasteiger partial charge in [-0.1, -0.05) is 6.08 Å². The number of carboxylic acids is 1. The molecular formula is C9H8O4. The number of carbonyl (C=O) groups excluding carboxylic acids is 1. The molecule has 68 valence electrons. The Balaban J connectivity index is 2.11. The second-order valence-corrected chi connectivity index (χ2v) is 4.11. The Morgan fingerprint density at radius 1 is 1.62 bits per heavy atom. The molecule has 1 aliphatic heterocycles. The number of carboxylic acid groups (broad SMARTS) is 1. The Morgan fingerprint density at radius 3 is 2.77 bits per heavy atom. The van der Waals surface area contributed by atoms with E-state index in [1.165, 1.54) is 0 Å². The van der Waals surface area contributed by atoms with E-state index >= 15 is 0 Å². The van der Waals surface area contributed by atoms with Crippen LogP contribution in [0.5, 0.6) is 0 Å². The smallest absolute Gasteiger partial charge is 0.317 e. The van der Waals surface area contributed by atoms with Crippen molar-refractivity contribution in [2.24, 2.45) is 11.3 Å². The van der Waals surface area contributed by atoms with E-state index in [1.807, 2.05) is 6.08 Å². The average molecular weight is 180 g/mol. The molecule has 1 heterocycles. The van der Waals surface area contributed by atoms with Gasteiger partial charge in [-0.05, 0) is 12.5 Å². The van der Waals surface area contributed by atoms with Gasteiger partial charge in [-0.25, -0.2) is 0 Å². The van der Waals surface area contributed by atoms with E-state index in [0.29, 0.717) is 12.8 Å². The molecule has 2 bridgehead atoms. The summed E-state index contributed by atoms with van der Waals surface area (Å²) >= 11 is 0. The fraction of sp³-hybridized carbons (Fsp3) is 0.556. The summed E-state index contributed by atoms with van der Waals surface area (Å²) in [5.74, 6) is -1.64. The minimum absolute atomic E-state index is 0.243. The summed E-state index contributed by atoms with van der Waals surface area (Å²) in [7, 11) is 0. The molecule has 3 unspecified atom stereocenters. The summed E-state index contributed by atoms with van der Waals surface area (Å²) in [6.45, 7) is 0. The van der Waals surface area contributed by atoms with Gasteiger partial charge < -0.3 is 9.84 Å². The van der Waals surface area contributed by atoms with Crippen molar-refractivity contribution in [3.8, 4) is 0 Å². The zero-order valence-electron chi connectivity index (χ0n) is 6.82. The molecule has 3 rings (SSSR count). The molecule has 0 aromatic carbocycles. The first-order chi connectivity index (χ1) is 6.08. The van der Waals surface area contributed by atoms with Gasteiger partial charge >= 0.3 is 11.9 Å². The van der Waals surface area contributed by atoms with Crippen LogP contribution in [0, 0.1) is 11.3 Å². The fourth-order valence-electron chi connectivity index (χ4n) is 2.76. The standard InChI is InChI=1S/C9H8O4/c10-6(11)5-3-8-1-2-9(5,4-8)13-7(8)12/h1-2,5H,3-4H2,(H,10,11). The summed E-state index contributed by atoms with van der Waals surface area (Å²) in [6.07, 6.45) is 4.52. The number of hydrogen-bond acceptors (Lipinski definition) is 3. The van der Waals surface area contributed by atoms with Gasteiger partial charge in [-0.15, -0.1) is 0 Å². The van der Waals surface area contributed by atoms with Crippen LogP contribution in [0.1, 0.15) is 12.8 Å². The minimum Gasteiger partial charge on any atom is -0.481 e. The monoisotopic (exact) mass is 180 g/mol. The maximum absolute atomic E-state index is 11.3. The van der Waals surface area contributed by atoms with Gasteiger partial charge in [0.25, 0.3) is 0 Å². The third kappa shape index (κ3) is 0.567. The van der Waals surface area contributed by atoms with Crippen LogP contribution in [-0.4, -0.2) is 22.6 Å². The number of esters is 1. The fourth-order valence-corrected chi connectivity index (χ4v) is 2.76. The molecule has 1 saturated carbocycles. The van der Waals surface area contributed by atoms with E-state index in [4.69, 9.17) is 9.84 Å². The van der Waals surface area contributed by atoms with Crippen LogP contribution < -0.4 is 0 Å². The van der Waals surface area contributed by atoms with Crippen molar-refractivity contribution < 1.29 is 19.4 Å². The van der Waals surface area contributed by atoms with Crippen LogP contribution in [0.25, 0.3) is 0 Å². The lowest BCUT2D eigenvalue weighted by Crippen LogP contribution is -2.44. The lowest BCUT2D eigenvalue weighted by atomic mass is 9.81. The van der Waals surface area contributed by atoms with Crippen LogP contribution in [0.3, 0.4) is 0 Å². The number of carbonyl (C=O) groups is 2. The highest BCUT2D eigenvalue weighted by Crippen LogP contribution is 2.62. The Hall–Kier alpha value is -1.32. The molecule has 0 aromatic heterocycles. The van der Waals surface area contributed by atoms with Crippen LogP contribution in [0.2, 0.25) is 0 Å². The van der Waals surface area contributed by atoms with Crippen molar-refractivity contribution in [1.29, 1.82) is 0 Å². The Labute approximate surface area is 74.2 Å². The van der Waals surface area contributed by atoms with Crippen molar-refractivity contribution in [1.82, 2.24) is 0 Å². The summed E-state index contributed by atoms with van der Waals surface area (Å²) in [5.41, 5.74) is -1.40. The zero-order valence-corrected chi connectivity index (χ0v) is 6.82. The van der Waals surface area contributed by atoms with Crippen molar-refractivity contribution in [2.45, 2.75) is 18.4 Å². The van der Waals surface area contributed by atoms with Crippen LogP contribution in [0.4, 0.5) is 0 Å². The maximum Gasteiger partial charge on any atom is 0.317 e. The predicted molar refractivity (Wildman–Crippen MR) is 40.8 cm³/mol. The first kappa shape index (κ1) is 7.12. The highest BCUT2D eigenvalue weighted by Gasteiger charge is 2.71. The molecular weight excluding hydrogens is 172 g/mol. The predicted octanol–water partition coefficient (Wildman–Crippen LogP) is 0.333.